The molecule has 9 heteroatoms. The van der Waals surface area contributed by atoms with Crippen LogP contribution in [0.5, 0.6) is 11.5 Å². The number of amides is 1. The predicted octanol–water partition coefficient (Wildman–Crippen LogP) is 2.47. The Morgan fingerprint density at radius 2 is 2.04 bits per heavy atom. The lowest BCUT2D eigenvalue weighted by Crippen LogP contribution is -2.24. The van der Waals surface area contributed by atoms with Gasteiger partial charge in [-0.2, -0.15) is 5.10 Å². The highest BCUT2D eigenvalue weighted by Crippen LogP contribution is 2.37. The quantitative estimate of drug-likeness (QED) is 0.797. The number of nitrogens with zero attached hydrogens (tertiary/aromatic N) is 2. The predicted molar refractivity (Wildman–Crippen MR) is 106 cm³/mol. The van der Waals surface area contributed by atoms with Gasteiger partial charge >= 0.3 is 0 Å². The minimum atomic E-state index is -3.40. The molecular formula is C19H21N3O5S. The van der Waals surface area contributed by atoms with E-state index < -0.39 is 10.0 Å². The molecule has 0 saturated carbocycles. The molecule has 2 aromatic rings. The van der Waals surface area contributed by atoms with E-state index in [2.05, 4.69) is 9.82 Å². The summed E-state index contributed by atoms with van der Waals surface area (Å²) < 4.78 is 30.4. The number of methoxy groups -OCH3 is 1. The molecule has 1 atom stereocenters. The third kappa shape index (κ3) is 4.25. The maximum atomic E-state index is 12.1. The SMILES string of the molecule is COc1ccc(C2CC(c3cccc(NS(C)(=O)=O)c3)=NN2C(C)=O)cc1O. The highest BCUT2D eigenvalue weighted by Gasteiger charge is 2.32. The standard InChI is InChI=1S/C19H21N3O5S/c1-12(23)22-17(14-7-8-19(27-2)18(24)10-14)11-16(20-22)13-5-4-6-15(9-13)21-28(3,25)26/h4-10,17,21,24H,11H2,1-3H3. The summed E-state index contributed by atoms with van der Waals surface area (Å²) in [7, 11) is -1.94. The van der Waals surface area contributed by atoms with E-state index in [-0.39, 0.29) is 17.7 Å². The first-order valence-electron chi connectivity index (χ1n) is 8.50. The number of carbonyl (C=O) groups excluding carboxylic acids is 1. The Balaban J connectivity index is 1.93. The number of hydrogen-bond acceptors (Lipinski definition) is 6. The van der Waals surface area contributed by atoms with Crippen molar-refractivity contribution in [1.82, 2.24) is 5.01 Å². The summed E-state index contributed by atoms with van der Waals surface area (Å²) in [6, 6.07) is 11.4. The summed E-state index contributed by atoms with van der Waals surface area (Å²) in [5, 5.41) is 15.9. The second-order valence-corrected chi connectivity index (χ2v) is 8.26. The number of nitrogens with one attached hydrogen (secondary N) is 1. The number of carbonyl (C=O) groups is 1. The van der Waals surface area contributed by atoms with Gasteiger partial charge in [-0.15, -0.1) is 0 Å². The Morgan fingerprint density at radius 3 is 2.64 bits per heavy atom. The van der Waals surface area contributed by atoms with Gasteiger partial charge < -0.3 is 9.84 Å². The molecule has 0 fully saturated rings. The van der Waals surface area contributed by atoms with Crippen molar-refractivity contribution in [2.45, 2.75) is 19.4 Å². The Hall–Kier alpha value is -3.07. The van der Waals surface area contributed by atoms with Crippen LogP contribution in [0.3, 0.4) is 0 Å². The molecule has 28 heavy (non-hydrogen) atoms. The lowest BCUT2D eigenvalue weighted by Gasteiger charge is -2.21. The van der Waals surface area contributed by atoms with Gasteiger partial charge in [0.05, 0.1) is 25.1 Å². The van der Waals surface area contributed by atoms with Gasteiger partial charge in [-0.05, 0) is 35.4 Å². The van der Waals surface area contributed by atoms with Gasteiger partial charge in [0.1, 0.15) is 0 Å². The topological polar surface area (TPSA) is 108 Å². The third-order valence-corrected chi connectivity index (χ3v) is 4.93. The fraction of sp³-hybridized carbons (Fsp3) is 0.263. The molecule has 1 unspecified atom stereocenters. The van der Waals surface area contributed by atoms with Crippen molar-refractivity contribution in [3.63, 3.8) is 0 Å². The first kappa shape index (κ1) is 19.7. The van der Waals surface area contributed by atoms with Crippen LogP contribution in [0.15, 0.2) is 47.6 Å². The summed E-state index contributed by atoms with van der Waals surface area (Å²) in [6.45, 7) is 1.42. The first-order chi connectivity index (χ1) is 13.2. The number of hydrogen-bond donors (Lipinski definition) is 2. The molecule has 2 aromatic carbocycles. The zero-order valence-electron chi connectivity index (χ0n) is 15.7. The van der Waals surface area contributed by atoms with Gasteiger partial charge in [0.25, 0.3) is 0 Å². The van der Waals surface area contributed by atoms with Crippen LogP contribution in [0, 0.1) is 0 Å². The second-order valence-electron chi connectivity index (χ2n) is 6.52. The smallest absolute Gasteiger partial charge is 0.240 e. The molecule has 1 aliphatic heterocycles. The fourth-order valence-corrected chi connectivity index (χ4v) is 3.68. The molecule has 1 amide bonds. The van der Waals surface area contributed by atoms with E-state index in [1.807, 2.05) is 0 Å². The van der Waals surface area contributed by atoms with Crippen LogP contribution in [0.2, 0.25) is 0 Å². The van der Waals surface area contributed by atoms with Crippen LogP contribution in [-0.4, -0.2) is 43.5 Å². The summed E-state index contributed by atoms with van der Waals surface area (Å²) in [5.74, 6) is 0.0915. The van der Waals surface area contributed by atoms with E-state index in [1.165, 1.54) is 19.0 Å². The average molecular weight is 403 g/mol. The van der Waals surface area contributed by atoms with Crippen molar-refractivity contribution < 1.29 is 23.1 Å². The summed E-state index contributed by atoms with van der Waals surface area (Å²) in [4.78, 5) is 12.1. The van der Waals surface area contributed by atoms with E-state index in [4.69, 9.17) is 4.74 Å². The average Bonchev–Trinajstić information content (AvgIpc) is 3.06. The Labute approximate surface area is 163 Å². The molecule has 0 spiro atoms. The summed E-state index contributed by atoms with van der Waals surface area (Å²) in [6.07, 6.45) is 1.50. The summed E-state index contributed by atoms with van der Waals surface area (Å²) in [5.41, 5.74) is 2.49. The minimum Gasteiger partial charge on any atom is -0.504 e. The van der Waals surface area contributed by atoms with E-state index in [9.17, 15) is 18.3 Å². The Kier molecular flexibility index (Phi) is 5.28. The van der Waals surface area contributed by atoms with Crippen molar-refractivity contribution >= 4 is 27.3 Å². The van der Waals surface area contributed by atoms with Gasteiger partial charge in [0.15, 0.2) is 11.5 Å². The molecule has 0 saturated heterocycles. The molecular weight excluding hydrogens is 382 g/mol. The van der Waals surface area contributed by atoms with Crippen molar-refractivity contribution in [3.05, 3.63) is 53.6 Å². The highest BCUT2D eigenvalue weighted by atomic mass is 32.2. The van der Waals surface area contributed by atoms with Crippen LogP contribution >= 0.6 is 0 Å². The molecule has 3 rings (SSSR count). The first-order valence-corrected chi connectivity index (χ1v) is 10.4. The third-order valence-electron chi connectivity index (χ3n) is 4.32. The molecule has 0 aliphatic carbocycles. The molecule has 148 valence electrons. The number of benzene rings is 2. The molecule has 0 bridgehead atoms. The van der Waals surface area contributed by atoms with E-state index >= 15 is 0 Å². The maximum absolute atomic E-state index is 12.1. The van der Waals surface area contributed by atoms with Crippen molar-refractivity contribution in [2.75, 3.05) is 18.1 Å². The van der Waals surface area contributed by atoms with E-state index in [0.29, 0.717) is 29.1 Å². The summed E-state index contributed by atoms with van der Waals surface area (Å²) >= 11 is 0. The maximum Gasteiger partial charge on any atom is 0.240 e. The minimum absolute atomic E-state index is 0.0173. The monoisotopic (exact) mass is 403 g/mol. The largest absolute Gasteiger partial charge is 0.504 e. The zero-order chi connectivity index (χ0) is 20.5. The van der Waals surface area contributed by atoms with Crippen LogP contribution in [-0.2, 0) is 14.8 Å². The number of hydrazone groups is 1. The molecule has 1 heterocycles. The number of phenolic OH excluding ortho intramolecular Hbond substituents is 1. The van der Waals surface area contributed by atoms with Gasteiger partial charge in [-0.25, -0.2) is 13.4 Å². The molecule has 0 aromatic heterocycles. The lowest BCUT2D eigenvalue weighted by molar-refractivity contribution is -0.130. The van der Waals surface area contributed by atoms with Gasteiger partial charge in [0.2, 0.25) is 15.9 Å². The van der Waals surface area contributed by atoms with Crippen LogP contribution < -0.4 is 9.46 Å². The number of sulfonamides is 1. The van der Waals surface area contributed by atoms with E-state index in [1.54, 1.807) is 42.5 Å². The van der Waals surface area contributed by atoms with Crippen LogP contribution in [0.1, 0.15) is 30.5 Å². The van der Waals surface area contributed by atoms with Gasteiger partial charge in [-0.3, -0.25) is 9.52 Å². The van der Waals surface area contributed by atoms with Crippen molar-refractivity contribution in [3.8, 4) is 11.5 Å². The molecule has 8 nitrogen and oxygen atoms in total. The zero-order valence-corrected chi connectivity index (χ0v) is 16.5. The molecule has 1 aliphatic rings. The number of rotatable bonds is 5. The van der Waals surface area contributed by atoms with Gasteiger partial charge in [-0.1, -0.05) is 18.2 Å². The van der Waals surface area contributed by atoms with Crippen molar-refractivity contribution in [2.24, 2.45) is 5.10 Å². The molecule has 2 N–H and O–H groups in total. The highest BCUT2D eigenvalue weighted by molar-refractivity contribution is 7.92. The van der Waals surface area contributed by atoms with E-state index in [0.717, 1.165) is 11.8 Å². The number of aromatic hydroxyl groups is 1. The lowest BCUT2D eigenvalue weighted by atomic mass is 9.98. The number of phenols is 1. The Bertz CT molecular complexity index is 1050. The van der Waals surface area contributed by atoms with Crippen LogP contribution in [0.4, 0.5) is 5.69 Å². The van der Waals surface area contributed by atoms with Crippen LogP contribution in [0.25, 0.3) is 0 Å². The number of anilines is 1. The second kappa shape index (κ2) is 7.51. The number of ether oxygens (including phenoxy) is 1. The van der Waals surface area contributed by atoms with Crippen molar-refractivity contribution in [1.29, 1.82) is 0 Å². The van der Waals surface area contributed by atoms with Gasteiger partial charge in [0, 0.05) is 19.0 Å². The fourth-order valence-electron chi connectivity index (χ4n) is 3.13. The Morgan fingerprint density at radius 1 is 1.29 bits per heavy atom. The molecule has 0 radical (unpaired) electrons. The normalized spacial score (nSPS) is 16.6.